The van der Waals surface area contributed by atoms with Crippen LogP contribution in [-0.2, 0) is 0 Å². The first-order valence-corrected chi connectivity index (χ1v) is 13.4. The third-order valence-electron chi connectivity index (χ3n) is 6.71. The summed E-state index contributed by atoms with van der Waals surface area (Å²) < 4.78 is 0. The summed E-state index contributed by atoms with van der Waals surface area (Å²) in [5.74, 6) is 1.18. The lowest BCUT2D eigenvalue weighted by Gasteiger charge is -2.16. The van der Waals surface area contributed by atoms with E-state index in [1.807, 2.05) is 54.6 Å². The van der Waals surface area contributed by atoms with Crippen molar-refractivity contribution in [3.63, 3.8) is 0 Å². The summed E-state index contributed by atoms with van der Waals surface area (Å²) in [5.41, 5.74) is 9.85. The van der Waals surface area contributed by atoms with Gasteiger partial charge in [-0.05, 0) is 109 Å². The highest BCUT2D eigenvalue weighted by molar-refractivity contribution is 5.67. The monoisotopic (exact) mass is 516 g/mol. The number of hydrogen-bond donors (Lipinski definition) is 3. The molecule has 3 N–H and O–H groups in total. The Morgan fingerprint density at radius 2 is 0.475 bits per heavy atom. The van der Waals surface area contributed by atoms with Crippen molar-refractivity contribution in [3.05, 3.63) is 186 Å². The van der Waals surface area contributed by atoms with Crippen LogP contribution in [0.4, 0.5) is 34.1 Å². The molecule has 0 aromatic heterocycles. The van der Waals surface area contributed by atoms with E-state index in [4.69, 9.17) is 0 Å². The first-order valence-electron chi connectivity index (χ1n) is 13.4. The molecule has 0 fully saturated rings. The Bertz CT molecular complexity index is 1410. The van der Waals surface area contributed by atoms with Crippen LogP contribution in [0.3, 0.4) is 0 Å². The number of anilines is 6. The maximum atomic E-state index is 3.49. The predicted octanol–water partition coefficient (Wildman–Crippen LogP) is 9.94. The predicted molar refractivity (Wildman–Crippen MR) is 169 cm³/mol. The maximum absolute atomic E-state index is 3.49. The van der Waals surface area contributed by atoms with Crippen LogP contribution >= 0.6 is 0 Å². The lowest BCUT2D eigenvalue weighted by molar-refractivity contribution is 1.23. The minimum atomic E-state index is 1.05. The van der Waals surface area contributed by atoms with Crippen molar-refractivity contribution < 1.29 is 0 Å². The van der Waals surface area contributed by atoms with E-state index in [2.05, 4.69) is 125 Å². The summed E-state index contributed by atoms with van der Waals surface area (Å²) >= 11 is 0. The molecule has 0 saturated carbocycles. The summed E-state index contributed by atoms with van der Waals surface area (Å²) in [5, 5.41) is 10.5. The molecule has 0 aliphatic carbocycles. The Kier molecular flexibility index (Phi) is 7.45. The van der Waals surface area contributed by atoms with Gasteiger partial charge in [0.1, 0.15) is 0 Å². The van der Waals surface area contributed by atoms with Crippen molar-refractivity contribution in [3.8, 4) is 0 Å². The van der Waals surface area contributed by atoms with Gasteiger partial charge in [0.25, 0.3) is 0 Å². The molecular formula is C37H30N3+. The van der Waals surface area contributed by atoms with Gasteiger partial charge in [0.05, 0.1) is 22.6 Å². The Morgan fingerprint density at radius 1 is 0.250 bits per heavy atom. The minimum Gasteiger partial charge on any atom is -0.355 e. The van der Waals surface area contributed by atoms with Crippen LogP contribution in [0.1, 0.15) is 16.7 Å². The second-order valence-corrected chi connectivity index (χ2v) is 9.58. The summed E-state index contributed by atoms with van der Waals surface area (Å²) in [4.78, 5) is 0. The first-order chi connectivity index (χ1) is 19.8. The van der Waals surface area contributed by atoms with Crippen molar-refractivity contribution in [2.24, 2.45) is 0 Å². The molecule has 0 heterocycles. The number of para-hydroxylation sites is 3. The van der Waals surface area contributed by atoms with Crippen LogP contribution in [0.25, 0.3) is 0 Å². The van der Waals surface area contributed by atoms with E-state index in [0.29, 0.717) is 0 Å². The molecule has 3 heteroatoms. The van der Waals surface area contributed by atoms with Crippen molar-refractivity contribution in [2.75, 3.05) is 16.0 Å². The molecule has 0 unspecified atom stereocenters. The number of benzene rings is 6. The number of nitrogens with one attached hydrogen (secondary N) is 3. The Hall–Kier alpha value is -5.41. The number of rotatable bonds is 9. The van der Waals surface area contributed by atoms with Gasteiger partial charge in [-0.15, -0.1) is 0 Å². The summed E-state index contributed by atoms with van der Waals surface area (Å²) in [6.07, 6.45) is 0. The second kappa shape index (κ2) is 12.0. The van der Waals surface area contributed by atoms with Crippen LogP contribution in [0.2, 0.25) is 0 Å². The van der Waals surface area contributed by atoms with Crippen LogP contribution < -0.4 is 16.0 Å². The highest BCUT2D eigenvalue weighted by Gasteiger charge is 2.23. The Labute approximate surface area is 236 Å². The average molecular weight is 517 g/mol. The molecule has 0 radical (unpaired) electrons. The van der Waals surface area contributed by atoms with Gasteiger partial charge in [-0.2, -0.15) is 0 Å². The standard InChI is InChI=1S/C37H30N3/c1-4-10-31(11-5-1)38-34-22-16-28(17-23-34)37(29-18-24-35(25-19-29)39-32-12-6-2-7-13-32)30-20-26-36(27-21-30)40-33-14-8-3-9-15-33/h1-27,38-40H/q+1. The van der Waals surface area contributed by atoms with Crippen molar-refractivity contribution in [1.29, 1.82) is 0 Å². The third kappa shape index (κ3) is 6.17. The molecular weight excluding hydrogens is 486 g/mol. The molecule has 0 bridgehead atoms. The summed E-state index contributed by atoms with van der Waals surface area (Å²) in [6.45, 7) is 0. The van der Waals surface area contributed by atoms with E-state index in [1.54, 1.807) is 0 Å². The Balaban J connectivity index is 1.28. The molecule has 0 aliphatic rings. The van der Waals surface area contributed by atoms with Crippen LogP contribution in [-0.4, -0.2) is 0 Å². The smallest absolute Gasteiger partial charge is 0.0632 e. The SMILES string of the molecule is c1ccc(Nc2ccc([C+](c3ccc(Nc4ccccc4)cc3)c3ccc(Nc4ccccc4)cc3)cc2)cc1. The van der Waals surface area contributed by atoms with Gasteiger partial charge in [-0.3, -0.25) is 0 Å². The molecule has 192 valence electrons. The zero-order valence-electron chi connectivity index (χ0n) is 22.1. The van der Waals surface area contributed by atoms with Crippen molar-refractivity contribution in [2.45, 2.75) is 0 Å². The van der Waals surface area contributed by atoms with E-state index in [1.165, 1.54) is 5.92 Å². The maximum Gasteiger partial charge on any atom is 0.0632 e. The van der Waals surface area contributed by atoms with Crippen molar-refractivity contribution in [1.82, 2.24) is 0 Å². The van der Waals surface area contributed by atoms with Crippen LogP contribution in [0, 0.1) is 5.92 Å². The van der Waals surface area contributed by atoms with Crippen molar-refractivity contribution >= 4 is 34.1 Å². The van der Waals surface area contributed by atoms with Gasteiger partial charge in [0, 0.05) is 34.1 Å². The fourth-order valence-corrected chi connectivity index (χ4v) is 4.73. The van der Waals surface area contributed by atoms with Gasteiger partial charge >= 0.3 is 0 Å². The van der Waals surface area contributed by atoms with E-state index in [9.17, 15) is 0 Å². The van der Waals surface area contributed by atoms with Gasteiger partial charge in [-0.1, -0.05) is 54.6 Å². The largest absolute Gasteiger partial charge is 0.355 e. The fraction of sp³-hybridized carbons (Fsp3) is 0. The fourth-order valence-electron chi connectivity index (χ4n) is 4.73. The molecule has 0 saturated heterocycles. The second-order valence-electron chi connectivity index (χ2n) is 9.58. The molecule has 0 atom stereocenters. The first kappa shape index (κ1) is 24.9. The topological polar surface area (TPSA) is 36.1 Å². The third-order valence-corrected chi connectivity index (χ3v) is 6.71. The molecule has 0 amide bonds. The minimum absolute atomic E-state index is 1.05. The molecule has 3 nitrogen and oxygen atoms in total. The zero-order valence-corrected chi connectivity index (χ0v) is 22.1. The zero-order chi connectivity index (χ0) is 27.0. The molecule has 40 heavy (non-hydrogen) atoms. The highest BCUT2D eigenvalue weighted by atomic mass is 14.9. The number of hydrogen-bond acceptors (Lipinski definition) is 3. The highest BCUT2D eigenvalue weighted by Crippen LogP contribution is 2.34. The quantitative estimate of drug-likeness (QED) is 0.132. The van der Waals surface area contributed by atoms with Gasteiger partial charge < -0.3 is 16.0 Å². The lowest BCUT2D eigenvalue weighted by Crippen LogP contribution is -2.05. The average Bonchev–Trinajstić information content (AvgIpc) is 3.01. The molecule has 6 rings (SSSR count). The van der Waals surface area contributed by atoms with E-state index >= 15 is 0 Å². The summed E-state index contributed by atoms with van der Waals surface area (Å²) in [6, 6.07) is 56.7. The molecule has 6 aromatic carbocycles. The van der Waals surface area contributed by atoms with Crippen LogP contribution in [0.15, 0.2) is 164 Å². The van der Waals surface area contributed by atoms with E-state index in [0.717, 1.165) is 50.8 Å². The normalized spacial score (nSPS) is 10.5. The lowest BCUT2D eigenvalue weighted by atomic mass is 9.85. The van der Waals surface area contributed by atoms with E-state index in [-0.39, 0.29) is 0 Å². The van der Waals surface area contributed by atoms with Gasteiger partial charge in [0.2, 0.25) is 0 Å². The van der Waals surface area contributed by atoms with Gasteiger partial charge in [0.15, 0.2) is 0 Å². The summed E-state index contributed by atoms with van der Waals surface area (Å²) in [7, 11) is 0. The Morgan fingerprint density at radius 3 is 0.725 bits per heavy atom. The molecule has 0 aliphatic heterocycles. The van der Waals surface area contributed by atoms with Crippen LogP contribution in [0.5, 0.6) is 0 Å². The van der Waals surface area contributed by atoms with Gasteiger partial charge in [-0.25, -0.2) is 0 Å². The van der Waals surface area contributed by atoms with E-state index < -0.39 is 0 Å². The molecule has 6 aromatic rings. The molecule has 0 spiro atoms.